The Labute approximate surface area is 106 Å². The third-order valence-electron chi connectivity index (χ3n) is 3.47. The van der Waals surface area contributed by atoms with Gasteiger partial charge in [-0.05, 0) is 25.3 Å². The van der Waals surface area contributed by atoms with E-state index in [1.165, 1.54) is 6.33 Å². The lowest BCUT2D eigenvalue weighted by Gasteiger charge is -2.24. The molecule has 1 N–H and O–H groups in total. The molecule has 100 valence electrons. The van der Waals surface area contributed by atoms with Crippen molar-refractivity contribution in [2.45, 2.75) is 44.6 Å². The molecule has 2 rings (SSSR count). The third-order valence-corrected chi connectivity index (χ3v) is 3.47. The number of rotatable bonds is 5. The van der Waals surface area contributed by atoms with E-state index in [0.717, 1.165) is 18.5 Å². The number of alkyl halides is 2. The van der Waals surface area contributed by atoms with E-state index in [4.69, 9.17) is 0 Å². The standard InChI is InChI=1S/C13H19F2N3/c1-2-5-18-12(11-7-16-9-17-8-11)10-3-4-13(14,15)6-10/h7-10,12,18H,2-6H2,1H3. The van der Waals surface area contributed by atoms with E-state index in [1.807, 2.05) is 0 Å². The normalized spacial score (nSPS) is 24.1. The Hall–Kier alpha value is -1.10. The number of hydrogen-bond acceptors (Lipinski definition) is 3. The molecule has 0 saturated heterocycles. The molecule has 0 bridgehead atoms. The zero-order valence-electron chi connectivity index (χ0n) is 10.6. The number of nitrogens with zero attached hydrogens (tertiary/aromatic N) is 2. The van der Waals surface area contributed by atoms with Crippen molar-refractivity contribution in [3.05, 3.63) is 24.3 Å². The summed E-state index contributed by atoms with van der Waals surface area (Å²) in [6, 6.07) is -0.0560. The van der Waals surface area contributed by atoms with Gasteiger partial charge in [-0.2, -0.15) is 0 Å². The Morgan fingerprint density at radius 3 is 2.72 bits per heavy atom. The molecule has 1 aliphatic carbocycles. The van der Waals surface area contributed by atoms with Crippen molar-refractivity contribution in [2.24, 2.45) is 5.92 Å². The van der Waals surface area contributed by atoms with Crippen LogP contribution in [-0.4, -0.2) is 22.4 Å². The van der Waals surface area contributed by atoms with Crippen molar-refractivity contribution >= 4 is 0 Å². The SMILES string of the molecule is CCCNC(c1cncnc1)C1CCC(F)(F)C1. The highest BCUT2D eigenvalue weighted by atomic mass is 19.3. The Kier molecular flexibility index (Phi) is 4.22. The van der Waals surface area contributed by atoms with Gasteiger partial charge in [-0.15, -0.1) is 0 Å². The minimum Gasteiger partial charge on any atom is -0.310 e. The molecule has 5 heteroatoms. The zero-order chi connectivity index (χ0) is 13.0. The molecule has 1 aliphatic rings. The van der Waals surface area contributed by atoms with Gasteiger partial charge in [0.25, 0.3) is 0 Å². The van der Waals surface area contributed by atoms with Crippen molar-refractivity contribution in [3.8, 4) is 0 Å². The van der Waals surface area contributed by atoms with Crippen LogP contribution in [0.25, 0.3) is 0 Å². The van der Waals surface area contributed by atoms with Crippen molar-refractivity contribution < 1.29 is 8.78 Å². The van der Waals surface area contributed by atoms with Crippen molar-refractivity contribution in [1.82, 2.24) is 15.3 Å². The van der Waals surface area contributed by atoms with Crippen LogP contribution in [0.3, 0.4) is 0 Å². The van der Waals surface area contributed by atoms with Crippen LogP contribution in [0.2, 0.25) is 0 Å². The largest absolute Gasteiger partial charge is 0.310 e. The van der Waals surface area contributed by atoms with E-state index < -0.39 is 5.92 Å². The predicted octanol–water partition coefficient (Wildman–Crippen LogP) is 2.95. The van der Waals surface area contributed by atoms with Crippen molar-refractivity contribution in [2.75, 3.05) is 6.54 Å². The Morgan fingerprint density at radius 1 is 1.44 bits per heavy atom. The fourth-order valence-electron chi connectivity index (χ4n) is 2.60. The summed E-state index contributed by atoms with van der Waals surface area (Å²) in [5.74, 6) is -2.54. The summed E-state index contributed by atoms with van der Waals surface area (Å²) in [5, 5.41) is 3.35. The summed E-state index contributed by atoms with van der Waals surface area (Å²) in [4.78, 5) is 7.97. The molecule has 3 nitrogen and oxygen atoms in total. The lowest BCUT2D eigenvalue weighted by atomic mass is 9.93. The highest BCUT2D eigenvalue weighted by molar-refractivity contribution is 5.12. The number of hydrogen-bond donors (Lipinski definition) is 1. The van der Waals surface area contributed by atoms with Crippen LogP contribution in [0, 0.1) is 5.92 Å². The number of halogens is 2. The molecule has 1 saturated carbocycles. The van der Waals surface area contributed by atoms with E-state index in [2.05, 4.69) is 22.2 Å². The molecule has 18 heavy (non-hydrogen) atoms. The lowest BCUT2D eigenvalue weighted by Crippen LogP contribution is -2.29. The number of nitrogens with one attached hydrogen (secondary N) is 1. The van der Waals surface area contributed by atoms with Crippen LogP contribution in [0.1, 0.15) is 44.2 Å². The average Bonchev–Trinajstić information content (AvgIpc) is 2.72. The molecular weight excluding hydrogens is 236 g/mol. The average molecular weight is 255 g/mol. The second kappa shape index (κ2) is 5.69. The van der Waals surface area contributed by atoms with Gasteiger partial charge in [-0.3, -0.25) is 0 Å². The van der Waals surface area contributed by atoms with E-state index >= 15 is 0 Å². The quantitative estimate of drug-likeness (QED) is 0.879. The third kappa shape index (κ3) is 3.22. The summed E-state index contributed by atoms with van der Waals surface area (Å²) in [7, 11) is 0. The second-order valence-electron chi connectivity index (χ2n) is 4.96. The van der Waals surface area contributed by atoms with Crippen molar-refractivity contribution in [1.29, 1.82) is 0 Å². The summed E-state index contributed by atoms with van der Waals surface area (Å²) in [6.07, 6.45) is 6.40. The molecule has 0 radical (unpaired) electrons. The second-order valence-corrected chi connectivity index (χ2v) is 4.96. The summed E-state index contributed by atoms with van der Waals surface area (Å²) < 4.78 is 26.7. The van der Waals surface area contributed by atoms with Crippen LogP contribution >= 0.6 is 0 Å². The molecule has 1 heterocycles. The minimum atomic E-state index is -2.51. The fourth-order valence-corrected chi connectivity index (χ4v) is 2.60. The van der Waals surface area contributed by atoms with Crippen LogP contribution in [0.5, 0.6) is 0 Å². The number of aromatic nitrogens is 2. The molecule has 0 amide bonds. The van der Waals surface area contributed by atoms with E-state index in [-0.39, 0.29) is 24.8 Å². The first-order valence-electron chi connectivity index (χ1n) is 6.48. The molecule has 2 atom stereocenters. The molecule has 0 aliphatic heterocycles. The van der Waals surface area contributed by atoms with Gasteiger partial charge >= 0.3 is 0 Å². The van der Waals surface area contributed by atoms with Gasteiger partial charge in [-0.1, -0.05) is 6.92 Å². The minimum absolute atomic E-state index is 0.00430. The maximum absolute atomic E-state index is 13.3. The van der Waals surface area contributed by atoms with Crippen LogP contribution in [0.4, 0.5) is 8.78 Å². The van der Waals surface area contributed by atoms with E-state index in [9.17, 15) is 8.78 Å². The van der Waals surface area contributed by atoms with Crippen molar-refractivity contribution in [3.63, 3.8) is 0 Å². The smallest absolute Gasteiger partial charge is 0.248 e. The van der Waals surface area contributed by atoms with Crippen LogP contribution < -0.4 is 5.32 Å². The highest BCUT2D eigenvalue weighted by Crippen LogP contribution is 2.44. The van der Waals surface area contributed by atoms with Crippen LogP contribution in [-0.2, 0) is 0 Å². The fraction of sp³-hybridized carbons (Fsp3) is 0.692. The monoisotopic (exact) mass is 255 g/mol. The van der Waals surface area contributed by atoms with Crippen LogP contribution in [0.15, 0.2) is 18.7 Å². The van der Waals surface area contributed by atoms with Gasteiger partial charge in [0.1, 0.15) is 6.33 Å². The Balaban J connectivity index is 2.11. The van der Waals surface area contributed by atoms with Gasteiger partial charge in [0.2, 0.25) is 5.92 Å². The predicted molar refractivity (Wildman–Crippen MR) is 65.4 cm³/mol. The molecule has 1 aromatic heterocycles. The summed E-state index contributed by atoms with van der Waals surface area (Å²) >= 11 is 0. The van der Waals surface area contributed by atoms with Gasteiger partial charge in [0, 0.05) is 36.8 Å². The molecule has 0 spiro atoms. The Morgan fingerprint density at radius 2 is 2.17 bits per heavy atom. The molecule has 2 unspecified atom stereocenters. The summed E-state index contributed by atoms with van der Waals surface area (Å²) in [5.41, 5.74) is 0.911. The van der Waals surface area contributed by atoms with E-state index in [0.29, 0.717) is 6.42 Å². The summed E-state index contributed by atoms with van der Waals surface area (Å²) in [6.45, 7) is 2.89. The zero-order valence-corrected chi connectivity index (χ0v) is 10.6. The van der Waals surface area contributed by atoms with Gasteiger partial charge in [0.15, 0.2) is 0 Å². The molecule has 1 fully saturated rings. The van der Waals surface area contributed by atoms with E-state index in [1.54, 1.807) is 12.4 Å². The van der Waals surface area contributed by atoms with Gasteiger partial charge in [-0.25, -0.2) is 18.7 Å². The Bertz CT molecular complexity index is 370. The highest BCUT2D eigenvalue weighted by Gasteiger charge is 2.42. The first-order valence-corrected chi connectivity index (χ1v) is 6.48. The lowest BCUT2D eigenvalue weighted by molar-refractivity contribution is 0.00325. The first kappa shape index (κ1) is 13.3. The van der Waals surface area contributed by atoms with Gasteiger partial charge in [0.05, 0.1) is 0 Å². The maximum Gasteiger partial charge on any atom is 0.248 e. The molecular formula is C13H19F2N3. The maximum atomic E-state index is 13.3. The first-order chi connectivity index (χ1) is 8.62. The topological polar surface area (TPSA) is 37.8 Å². The van der Waals surface area contributed by atoms with Gasteiger partial charge < -0.3 is 5.32 Å². The molecule has 0 aromatic carbocycles. The molecule has 1 aromatic rings.